The van der Waals surface area contributed by atoms with Crippen molar-refractivity contribution in [2.75, 3.05) is 32.8 Å². The van der Waals surface area contributed by atoms with E-state index in [0.717, 1.165) is 16.7 Å². The summed E-state index contributed by atoms with van der Waals surface area (Å²) in [6.45, 7) is 10.5. The number of aromatic nitrogens is 4. The smallest absolute Gasteiger partial charge is 0.263 e. The number of aliphatic hydroxyl groups is 1. The van der Waals surface area contributed by atoms with Crippen molar-refractivity contribution in [3.63, 3.8) is 0 Å². The molecule has 0 spiro atoms. The fourth-order valence-electron chi connectivity index (χ4n) is 6.99. The van der Waals surface area contributed by atoms with Gasteiger partial charge in [-0.25, -0.2) is 15.0 Å². The van der Waals surface area contributed by atoms with Crippen molar-refractivity contribution >= 4 is 31.2 Å². The number of benzene rings is 4. The molecule has 308 valence electrons. The van der Waals surface area contributed by atoms with Crippen molar-refractivity contribution in [2.24, 2.45) is 0 Å². The molecule has 1 aliphatic heterocycles. The molecule has 0 radical (unpaired) electrons. The Kier molecular flexibility index (Phi) is 12.2. The first kappa shape index (κ1) is 41.5. The number of hydrogen-bond donors (Lipinski definition) is 2. The molecule has 59 heavy (non-hydrogen) atoms. The lowest BCUT2D eigenvalue weighted by Gasteiger charge is -2.41. The van der Waals surface area contributed by atoms with Gasteiger partial charge in [-0.3, -0.25) is 9.36 Å². The molecular formula is C45H51N5O8Si. The van der Waals surface area contributed by atoms with Crippen LogP contribution in [-0.2, 0) is 24.3 Å². The summed E-state index contributed by atoms with van der Waals surface area (Å²) in [6.07, 6.45) is -0.824. The first-order chi connectivity index (χ1) is 28.3. The maximum Gasteiger partial charge on any atom is 0.263 e. The van der Waals surface area contributed by atoms with Crippen LogP contribution in [0.2, 0.25) is 18.1 Å². The number of nitrogens with zero attached hydrogens (tertiary/aromatic N) is 4. The Morgan fingerprint density at radius 2 is 1.37 bits per heavy atom. The van der Waals surface area contributed by atoms with Gasteiger partial charge in [0.15, 0.2) is 38.1 Å². The number of rotatable bonds is 15. The van der Waals surface area contributed by atoms with E-state index in [-0.39, 0.29) is 24.1 Å². The van der Waals surface area contributed by atoms with E-state index in [1.807, 2.05) is 97.1 Å². The van der Waals surface area contributed by atoms with E-state index in [1.54, 1.807) is 30.9 Å². The summed E-state index contributed by atoms with van der Waals surface area (Å²) in [5.41, 5.74) is 2.12. The predicted molar refractivity (Wildman–Crippen MR) is 226 cm³/mol. The summed E-state index contributed by atoms with van der Waals surface area (Å²) in [5, 5.41) is 14.9. The average Bonchev–Trinajstić information content (AvgIpc) is 3.81. The number of imidazole rings is 1. The molecule has 14 heteroatoms. The second-order valence-corrected chi connectivity index (χ2v) is 20.7. The van der Waals surface area contributed by atoms with Gasteiger partial charge in [0.25, 0.3) is 5.91 Å². The van der Waals surface area contributed by atoms with E-state index in [4.69, 9.17) is 28.1 Å². The molecule has 0 aliphatic carbocycles. The Labute approximate surface area is 345 Å². The number of amides is 1. The summed E-state index contributed by atoms with van der Waals surface area (Å²) in [5.74, 6) is 1.75. The Morgan fingerprint density at radius 1 is 0.797 bits per heavy atom. The molecule has 0 saturated carbocycles. The van der Waals surface area contributed by atoms with E-state index in [9.17, 15) is 9.90 Å². The van der Waals surface area contributed by atoms with Gasteiger partial charge >= 0.3 is 0 Å². The van der Waals surface area contributed by atoms with E-state index >= 15 is 0 Å². The molecule has 0 unspecified atom stereocenters. The summed E-state index contributed by atoms with van der Waals surface area (Å²) < 4.78 is 39.5. The highest BCUT2D eigenvalue weighted by atomic mass is 28.4. The number of carbonyl (C=O) groups excluding carboxylic acids is 1. The number of ether oxygens (including phenoxy) is 5. The third-order valence-electron chi connectivity index (χ3n) is 11.2. The minimum Gasteiger partial charge on any atom is -0.497 e. The normalized spacial score (nSPS) is 18.4. The Hall–Kier alpha value is -5.64. The van der Waals surface area contributed by atoms with E-state index in [1.165, 1.54) is 12.7 Å². The molecule has 13 nitrogen and oxygen atoms in total. The van der Waals surface area contributed by atoms with Gasteiger partial charge in [0, 0.05) is 0 Å². The van der Waals surface area contributed by atoms with Crippen molar-refractivity contribution in [1.82, 2.24) is 19.5 Å². The zero-order valence-corrected chi connectivity index (χ0v) is 35.4. The molecule has 1 amide bonds. The van der Waals surface area contributed by atoms with E-state index in [0.29, 0.717) is 28.4 Å². The zero-order valence-electron chi connectivity index (χ0n) is 34.4. The fraction of sp³-hybridized carbons (Fsp3) is 0.333. The molecule has 1 aliphatic rings. The highest BCUT2D eigenvalue weighted by Gasteiger charge is 2.52. The second kappa shape index (κ2) is 17.3. The molecule has 3 heterocycles. The van der Waals surface area contributed by atoms with Crippen molar-refractivity contribution in [1.29, 1.82) is 0 Å². The van der Waals surface area contributed by atoms with Gasteiger partial charge in [0.1, 0.15) is 47.5 Å². The van der Waals surface area contributed by atoms with Gasteiger partial charge in [-0.05, 0) is 71.2 Å². The number of nitrogens with one attached hydrogen (secondary N) is 1. The van der Waals surface area contributed by atoms with Gasteiger partial charge in [-0.1, -0.05) is 93.6 Å². The molecule has 7 rings (SSSR count). The molecule has 0 bridgehead atoms. The topological polar surface area (TPSA) is 148 Å². The highest BCUT2D eigenvalue weighted by Crippen LogP contribution is 2.45. The number of fused-ring (bicyclic) bond motifs is 1. The average molecular weight is 818 g/mol. The molecular weight excluding hydrogens is 767 g/mol. The lowest BCUT2D eigenvalue weighted by Crippen LogP contribution is -2.50. The van der Waals surface area contributed by atoms with Crippen molar-refractivity contribution in [2.45, 2.75) is 69.0 Å². The number of methoxy groups -OCH3 is 2. The molecule has 1 fully saturated rings. The molecule has 6 aromatic rings. The molecule has 2 N–H and O–H groups in total. The number of anilines is 1. The van der Waals surface area contributed by atoms with Crippen LogP contribution in [0.4, 0.5) is 5.82 Å². The summed E-state index contributed by atoms with van der Waals surface area (Å²) >= 11 is 0. The third-order valence-corrected chi connectivity index (χ3v) is 15.7. The molecule has 4 atom stereocenters. The number of aliphatic hydroxyl groups excluding tert-OH is 1. The minimum absolute atomic E-state index is 0.0180. The Balaban J connectivity index is 1.24. The second-order valence-electron chi connectivity index (χ2n) is 15.9. The van der Waals surface area contributed by atoms with E-state index in [2.05, 4.69) is 54.1 Å². The van der Waals surface area contributed by atoms with Crippen molar-refractivity contribution in [3.05, 3.63) is 139 Å². The maximum absolute atomic E-state index is 12.9. The van der Waals surface area contributed by atoms with Crippen LogP contribution in [0.15, 0.2) is 122 Å². The maximum atomic E-state index is 12.9. The monoisotopic (exact) mass is 817 g/mol. The van der Waals surface area contributed by atoms with Crippen molar-refractivity contribution < 1.29 is 38.0 Å². The quantitative estimate of drug-likeness (QED) is 0.0784. The van der Waals surface area contributed by atoms with Crippen LogP contribution in [0.1, 0.15) is 43.7 Å². The largest absolute Gasteiger partial charge is 0.497 e. The minimum atomic E-state index is -2.50. The molecule has 2 aromatic heterocycles. The van der Waals surface area contributed by atoms with Gasteiger partial charge < -0.3 is 38.5 Å². The number of carbonyl (C=O) groups is 1. The van der Waals surface area contributed by atoms with Crippen LogP contribution < -0.4 is 19.5 Å². The highest BCUT2D eigenvalue weighted by molar-refractivity contribution is 6.74. The van der Waals surface area contributed by atoms with Crippen LogP contribution in [0.3, 0.4) is 0 Å². The zero-order chi connectivity index (χ0) is 41.8. The van der Waals surface area contributed by atoms with Crippen LogP contribution in [0.5, 0.6) is 17.2 Å². The van der Waals surface area contributed by atoms with Gasteiger partial charge in [0.2, 0.25) is 0 Å². The van der Waals surface area contributed by atoms with Crippen LogP contribution in [0.25, 0.3) is 11.2 Å². The first-order valence-corrected chi connectivity index (χ1v) is 22.4. The van der Waals surface area contributed by atoms with E-state index < -0.39 is 44.4 Å². The lowest BCUT2D eigenvalue weighted by atomic mass is 9.80. The standard InChI is InChI=1S/C45H51N5O8Si/c1-44(2,3)59(6,7)58-40-36(26-56-45(30-14-10-8-11-15-30,31-18-22-33(53-4)23-19-31)32-20-24-34(54-5)25-21-32)57-43(39(40)52)50-29-48-38-41(46-28-47-42(38)50)49-37(51)27-55-35-16-12-9-13-17-35/h8-25,28-29,36,39-40,43,52H,26-27H2,1-7H3,(H,46,47,49,51)/t36-,39-,40-,43-/m1/s1. The van der Waals surface area contributed by atoms with Gasteiger partial charge in [0.05, 0.1) is 27.2 Å². The number of para-hydroxylation sites is 1. The fourth-order valence-corrected chi connectivity index (χ4v) is 8.32. The van der Waals surface area contributed by atoms with Gasteiger partial charge in [-0.15, -0.1) is 0 Å². The predicted octanol–water partition coefficient (Wildman–Crippen LogP) is 7.52. The van der Waals surface area contributed by atoms with Crippen LogP contribution in [0, 0.1) is 0 Å². The Morgan fingerprint density at radius 3 is 1.95 bits per heavy atom. The molecule has 1 saturated heterocycles. The summed E-state index contributed by atoms with van der Waals surface area (Å²) in [7, 11) is 0.767. The SMILES string of the molecule is COc1ccc(C(OC[C@H]2O[C@@H](n3cnc4c(NC(=O)COc5ccccc5)ncnc43)[C@H](O)[C@@H]2O[Si](C)(C)C(C)(C)C)(c2ccccc2)c2ccc(OC)cc2)cc1. The van der Waals surface area contributed by atoms with Crippen molar-refractivity contribution in [3.8, 4) is 17.2 Å². The first-order valence-electron chi connectivity index (χ1n) is 19.5. The number of hydrogen-bond acceptors (Lipinski definition) is 11. The third kappa shape index (κ3) is 8.59. The summed E-state index contributed by atoms with van der Waals surface area (Å²) in [6, 6.07) is 34.7. The summed E-state index contributed by atoms with van der Waals surface area (Å²) in [4.78, 5) is 26.3. The van der Waals surface area contributed by atoms with Crippen LogP contribution >= 0.6 is 0 Å². The van der Waals surface area contributed by atoms with Crippen LogP contribution in [-0.4, -0.2) is 84.6 Å². The molecule has 4 aromatic carbocycles. The lowest BCUT2D eigenvalue weighted by molar-refractivity contribution is -0.118. The van der Waals surface area contributed by atoms with Gasteiger partial charge in [-0.2, -0.15) is 0 Å². The Bertz CT molecular complexity index is 2270.